The minimum Gasteiger partial charge on any atom is -0.464 e. The van der Waals surface area contributed by atoms with Crippen LogP contribution >= 0.6 is 11.3 Å². The molecule has 3 rings (SSSR count). The van der Waals surface area contributed by atoms with Gasteiger partial charge in [-0.2, -0.15) is 5.26 Å². The quantitative estimate of drug-likeness (QED) is 0.705. The van der Waals surface area contributed by atoms with Crippen molar-refractivity contribution in [2.45, 2.75) is 39.8 Å². The number of nitrogens with two attached hydrogens (primary N) is 2. The number of fused-ring (bicyclic) bond motifs is 1. The largest absolute Gasteiger partial charge is 0.464 e. The van der Waals surface area contributed by atoms with Crippen molar-refractivity contribution in [3.63, 3.8) is 0 Å². The van der Waals surface area contributed by atoms with E-state index >= 15 is 0 Å². The molecule has 0 saturated heterocycles. The van der Waals surface area contributed by atoms with Crippen LogP contribution in [0, 0.1) is 11.3 Å². The average molecular weight is 383 g/mol. The normalized spacial score (nSPS) is 11.3. The maximum Gasteiger partial charge on any atom is 0.266 e. The highest BCUT2D eigenvalue weighted by Crippen LogP contribution is 2.43. The molecule has 1 amide bonds. The second-order valence-electron chi connectivity index (χ2n) is 6.76. The zero-order chi connectivity index (χ0) is 19.9. The molecule has 8 heteroatoms. The standard InChI is InChI=1S/C19H21N5O2S/c1-9(2)24(10(3)4)19(25)16-15(21)14-13(12-6-5-7-26-12)11(8-20)17(22)23-18(14)27-16/h5-7,9-10H,21H2,1-4H3,(H2,22,23). The van der Waals surface area contributed by atoms with E-state index in [1.165, 1.54) is 17.6 Å². The van der Waals surface area contributed by atoms with Crippen LogP contribution in [0.15, 0.2) is 22.8 Å². The van der Waals surface area contributed by atoms with Crippen LogP contribution in [-0.2, 0) is 0 Å². The van der Waals surface area contributed by atoms with Crippen LogP contribution in [0.2, 0.25) is 0 Å². The molecule has 0 fully saturated rings. The molecule has 140 valence electrons. The number of nitrogens with zero attached hydrogens (tertiary/aromatic N) is 3. The van der Waals surface area contributed by atoms with Gasteiger partial charge in [-0.05, 0) is 39.8 Å². The number of furan rings is 1. The molecule has 0 unspecified atom stereocenters. The number of carbonyl (C=O) groups is 1. The van der Waals surface area contributed by atoms with E-state index in [1.54, 1.807) is 17.0 Å². The van der Waals surface area contributed by atoms with E-state index in [-0.39, 0.29) is 29.4 Å². The van der Waals surface area contributed by atoms with Gasteiger partial charge in [-0.1, -0.05) is 0 Å². The first-order valence-electron chi connectivity index (χ1n) is 8.56. The van der Waals surface area contributed by atoms with Gasteiger partial charge in [-0.15, -0.1) is 11.3 Å². The lowest BCUT2D eigenvalue weighted by Crippen LogP contribution is -2.41. The van der Waals surface area contributed by atoms with Crippen LogP contribution < -0.4 is 11.5 Å². The van der Waals surface area contributed by atoms with Gasteiger partial charge in [-0.25, -0.2) is 4.98 Å². The van der Waals surface area contributed by atoms with E-state index in [4.69, 9.17) is 15.9 Å². The Morgan fingerprint density at radius 1 is 1.30 bits per heavy atom. The van der Waals surface area contributed by atoms with E-state index in [1.807, 2.05) is 27.7 Å². The molecular formula is C19H21N5O2S. The predicted octanol–water partition coefficient (Wildman–Crippen LogP) is 3.85. The van der Waals surface area contributed by atoms with Crippen molar-refractivity contribution in [3.05, 3.63) is 28.8 Å². The molecule has 0 aliphatic heterocycles. The first-order chi connectivity index (χ1) is 12.8. The van der Waals surface area contributed by atoms with Crippen LogP contribution in [0.3, 0.4) is 0 Å². The molecule has 0 aliphatic rings. The van der Waals surface area contributed by atoms with Crippen molar-refractivity contribution >= 4 is 39.0 Å². The lowest BCUT2D eigenvalue weighted by molar-refractivity contribution is 0.0650. The Morgan fingerprint density at radius 3 is 2.48 bits per heavy atom. The SMILES string of the molecule is CC(C)N(C(=O)c1sc2nc(N)c(C#N)c(-c3ccco3)c2c1N)C(C)C. The van der Waals surface area contributed by atoms with Gasteiger partial charge in [0.25, 0.3) is 5.91 Å². The van der Waals surface area contributed by atoms with Crippen LogP contribution in [0.1, 0.15) is 42.9 Å². The maximum atomic E-state index is 13.2. The number of hydrogen-bond donors (Lipinski definition) is 2. The Kier molecular flexibility index (Phi) is 4.81. The van der Waals surface area contributed by atoms with Gasteiger partial charge in [0.05, 0.1) is 17.5 Å². The molecule has 3 aromatic rings. The first kappa shape index (κ1) is 18.7. The molecule has 0 aliphatic carbocycles. The number of thiophene rings is 1. The van der Waals surface area contributed by atoms with Crippen molar-refractivity contribution < 1.29 is 9.21 Å². The van der Waals surface area contributed by atoms with E-state index in [9.17, 15) is 10.1 Å². The van der Waals surface area contributed by atoms with Crippen LogP contribution in [0.5, 0.6) is 0 Å². The number of anilines is 2. The summed E-state index contributed by atoms with van der Waals surface area (Å²) in [4.78, 5) is 20.1. The number of hydrogen-bond acceptors (Lipinski definition) is 7. The summed E-state index contributed by atoms with van der Waals surface area (Å²) in [7, 11) is 0. The second kappa shape index (κ2) is 6.93. The summed E-state index contributed by atoms with van der Waals surface area (Å²) in [6.45, 7) is 7.83. The van der Waals surface area contributed by atoms with E-state index < -0.39 is 0 Å². The third-order valence-corrected chi connectivity index (χ3v) is 5.41. The molecule has 3 heterocycles. The molecule has 0 atom stereocenters. The molecule has 0 bridgehead atoms. The summed E-state index contributed by atoms with van der Waals surface area (Å²) in [5.41, 5.74) is 13.3. The molecule has 7 nitrogen and oxygen atoms in total. The second-order valence-corrected chi connectivity index (χ2v) is 7.76. The van der Waals surface area contributed by atoms with Crippen molar-refractivity contribution in [1.29, 1.82) is 5.26 Å². The number of pyridine rings is 1. The number of nitrogen functional groups attached to an aromatic ring is 2. The van der Waals surface area contributed by atoms with E-state index in [0.29, 0.717) is 32.1 Å². The van der Waals surface area contributed by atoms with E-state index in [2.05, 4.69) is 11.1 Å². The maximum absolute atomic E-state index is 13.2. The Bertz CT molecular complexity index is 1040. The molecule has 0 radical (unpaired) electrons. The fourth-order valence-corrected chi connectivity index (χ4v) is 4.35. The van der Waals surface area contributed by atoms with Gasteiger partial charge < -0.3 is 20.8 Å². The smallest absolute Gasteiger partial charge is 0.266 e. The van der Waals surface area contributed by atoms with Gasteiger partial charge >= 0.3 is 0 Å². The van der Waals surface area contributed by atoms with Gasteiger partial charge in [-0.3, -0.25) is 4.79 Å². The molecule has 3 aromatic heterocycles. The fourth-order valence-electron chi connectivity index (χ4n) is 3.29. The average Bonchev–Trinajstić information content (AvgIpc) is 3.21. The molecule has 0 spiro atoms. The van der Waals surface area contributed by atoms with Gasteiger partial charge in [0.1, 0.15) is 32.9 Å². The molecular weight excluding hydrogens is 362 g/mol. The third-order valence-electron chi connectivity index (χ3n) is 4.33. The van der Waals surface area contributed by atoms with Crippen molar-refractivity contribution in [2.75, 3.05) is 11.5 Å². The van der Waals surface area contributed by atoms with Crippen LogP contribution in [-0.4, -0.2) is 27.9 Å². The molecule has 4 N–H and O–H groups in total. The summed E-state index contributed by atoms with van der Waals surface area (Å²) in [6, 6.07) is 5.54. The molecule has 27 heavy (non-hydrogen) atoms. The number of carbonyl (C=O) groups excluding carboxylic acids is 1. The fraction of sp³-hybridized carbons (Fsp3) is 0.316. The minimum atomic E-state index is -0.164. The summed E-state index contributed by atoms with van der Waals surface area (Å²) >= 11 is 1.18. The van der Waals surface area contributed by atoms with Crippen LogP contribution in [0.4, 0.5) is 11.5 Å². The minimum absolute atomic E-state index is 0.0133. The highest BCUT2D eigenvalue weighted by Gasteiger charge is 2.29. The van der Waals surface area contributed by atoms with Crippen LogP contribution in [0.25, 0.3) is 21.5 Å². The molecule has 0 saturated carbocycles. The summed E-state index contributed by atoms with van der Waals surface area (Å²) in [5.74, 6) is 0.378. The highest BCUT2D eigenvalue weighted by molar-refractivity contribution is 7.21. The Hall–Kier alpha value is -3.05. The first-order valence-corrected chi connectivity index (χ1v) is 9.37. The zero-order valence-electron chi connectivity index (χ0n) is 15.6. The predicted molar refractivity (Wildman–Crippen MR) is 107 cm³/mol. The van der Waals surface area contributed by atoms with Crippen molar-refractivity contribution in [3.8, 4) is 17.4 Å². The van der Waals surface area contributed by atoms with Gasteiger partial charge in [0.15, 0.2) is 0 Å². The van der Waals surface area contributed by atoms with Gasteiger partial charge in [0, 0.05) is 17.5 Å². The number of aromatic nitrogens is 1. The number of nitriles is 1. The Morgan fingerprint density at radius 2 is 1.96 bits per heavy atom. The topological polar surface area (TPSA) is 122 Å². The number of rotatable bonds is 4. The summed E-state index contributed by atoms with van der Waals surface area (Å²) < 4.78 is 5.49. The zero-order valence-corrected chi connectivity index (χ0v) is 16.4. The summed E-state index contributed by atoms with van der Waals surface area (Å²) in [5, 5.41) is 10.1. The molecule has 0 aromatic carbocycles. The van der Waals surface area contributed by atoms with Gasteiger partial charge in [0.2, 0.25) is 0 Å². The summed E-state index contributed by atoms with van der Waals surface area (Å²) in [6.07, 6.45) is 1.51. The number of amides is 1. The Balaban J connectivity index is 2.32. The van der Waals surface area contributed by atoms with Crippen molar-refractivity contribution in [1.82, 2.24) is 9.88 Å². The van der Waals surface area contributed by atoms with E-state index in [0.717, 1.165) is 0 Å². The Labute approximate surface area is 161 Å². The monoisotopic (exact) mass is 383 g/mol. The third kappa shape index (κ3) is 3.00. The lowest BCUT2D eigenvalue weighted by atomic mass is 10.0. The van der Waals surface area contributed by atoms with Crippen molar-refractivity contribution in [2.24, 2.45) is 0 Å². The highest BCUT2D eigenvalue weighted by atomic mass is 32.1. The lowest BCUT2D eigenvalue weighted by Gasteiger charge is -2.30.